The highest BCUT2D eigenvalue weighted by atomic mass is 14.3. The Labute approximate surface area is 93.0 Å². The van der Waals surface area contributed by atoms with Crippen molar-refractivity contribution in [2.75, 3.05) is 0 Å². The molecule has 0 heterocycles. The van der Waals surface area contributed by atoms with Gasteiger partial charge in [0.25, 0.3) is 0 Å². The van der Waals surface area contributed by atoms with Gasteiger partial charge in [-0.1, -0.05) is 18.6 Å². The number of rotatable bonds is 0. The van der Waals surface area contributed by atoms with Crippen LogP contribution in [0.4, 0.5) is 0 Å². The number of allylic oxidation sites excluding steroid dienone is 1. The Bertz CT molecular complexity index is 462. The van der Waals surface area contributed by atoms with Gasteiger partial charge < -0.3 is 0 Å². The van der Waals surface area contributed by atoms with E-state index in [1.54, 1.807) is 5.56 Å². The highest BCUT2D eigenvalue weighted by molar-refractivity contribution is 5.72. The van der Waals surface area contributed by atoms with E-state index in [1.807, 2.05) is 0 Å². The molecule has 15 heavy (non-hydrogen) atoms. The van der Waals surface area contributed by atoms with Crippen molar-refractivity contribution in [3.05, 3.63) is 39.0 Å². The van der Waals surface area contributed by atoms with E-state index in [0.29, 0.717) is 5.92 Å². The van der Waals surface area contributed by atoms with Crippen molar-refractivity contribution in [3.63, 3.8) is 0 Å². The zero-order chi connectivity index (χ0) is 11.3. The van der Waals surface area contributed by atoms with E-state index >= 15 is 0 Å². The standard InChI is InChI=1S/C15H20/c1-8-7-14-12(5)10(3)11(4)13(6)15(14)9(8)2/h7,9H,1-6H3. The van der Waals surface area contributed by atoms with E-state index in [4.69, 9.17) is 0 Å². The predicted octanol–water partition coefficient (Wildman–Crippen LogP) is 4.44. The second kappa shape index (κ2) is 3.23. The maximum atomic E-state index is 2.37. The van der Waals surface area contributed by atoms with Gasteiger partial charge in [-0.2, -0.15) is 0 Å². The summed E-state index contributed by atoms with van der Waals surface area (Å²) in [4.78, 5) is 0. The van der Waals surface area contributed by atoms with Gasteiger partial charge in [0.15, 0.2) is 0 Å². The van der Waals surface area contributed by atoms with Gasteiger partial charge in [-0.15, -0.1) is 0 Å². The summed E-state index contributed by atoms with van der Waals surface area (Å²) in [5.74, 6) is 0.609. The van der Waals surface area contributed by atoms with Crippen molar-refractivity contribution in [1.29, 1.82) is 0 Å². The van der Waals surface area contributed by atoms with Crippen LogP contribution < -0.4 is 0 Å². The molecule has 0 fully saturated rings. The molecule has 0 radical (unpaired) electrons. The lowest BCUT2D eigenvalue weighted by atomic mass is 9.86. The molecule has 1 aliphatic carbocycles. The highest BCUT2D eigenvalue weighted by Crippen LogP contribution is 2.41. The molecule has 0 bridgehead atoms. The first-order valence-electron chi connectivity index (χ1n) is 5.73. The summed E-state index contributed by atoms with van der Waals surface area (Å²) in [6.07, 6.45) is 2.37. The maximum Gasteiger partial charge on any atom is 0.00291 e. The Balaban J connectivity index is 2.82. The molecule has 0 amide bonds. The van der Waals surface area contributed by atoms with Gasteiger partial charge in [-0.3, -0.25) is 0 Å². The molecule has 80 valence electrons. The van der Waals surface area contributed by atoms with E-state index in [1.165, 1.54) is 33.4 Å². The smallest absolute Gasteiger partial charge is 0.00291 e. The first-order valence-corrected chi connectivity index (χ1v) is 5.73. The Kier molecular flexibility index (Phi) is 2.26. The third-order valence-corrected chi connectivity index (χ3v) is 4.27. The van der Waals surface area contributed by atoms with Crippen LogP contribution in [0.25, 0.3) is 6.08 Å². The molecule has 0 aromatic heterocycles. The molecule has 1 aromatic carbocycles. The van der Waals surface area contributed by atoms with E-state index < -0.39 is 0 Å². The van der Waals surface area contributed by atoms with Crippen LogP contribution in [0.1, 0.15) is 53.1 Å². The average molecular weight is 200 g/mol. The topological polar surface area (TPSA) is 0 Å². The normalized spacial score (nSPS) is 19.1. The second-order valence-corrected chi connectivity index (χ2v) is 4.94. The van der Waals surface area contributed by atoms with Crippen LogP contribution in [0.2, 0.25) is 0 Å². The van der Waals surface area contributed by atoms with Gasteiger partial charge in [0.2, 0.25) is 0 Å². The maximum absolute atomic E-state index is 2.37. The molecule has 0 N–H and O–H groups in total. The fourth-order valence-electron chi connectivity index (χ4n) is 2.69. The van der Waals surface area contributed by atoms with E-state index in [9.17, 15) is 0 Å². The number of hydrogen-bond donors (Lipinski definition) is 0. The van der Waals surface area contributed by atoms with Gasteiger partial charge in [-0.25, -0.2) is 0 Å². The lowest BCUT2D eigenvalue weighted by molar-refractivity contribution is 0.902. The lowest BCUT2D eigenvalue weighted by Crippen LogP contribution is -2.02. The van der Waals surface area contributed by atoms with Crippen LogP contribution in [0.5, 0.6) is 0 Å². The summed E-state index contributed by atoms with van der Waals surface area (Å²) in [6.45, 7) is 13.6. The lowest BCUT2D eigenvalue weighted by Gasteiger charge is -2.18. The summed E-state index contributed by atoms with van der Waals surface area (Å²) in [6, 6.07) is 0. The molecule has 1 aliphatic rings. The van der Waals surface area contributed by atoms with Gasteiger partial charge in [0.05, 0.1) is 0 Å². The molecular formula is C15H20. The van der Waals surface area contributed by atoms with Gasteiger partial charge >= 0.3 is 0 Å². The van der Waals surface area contributed by atoms with Crippen molar-refractivity contribution in [2.24, 2.45) is 0 Å². The van der Waals surface area contributed by atoms with Gasteiger partial charge in [0.1, 0.15) is 0 Å². The second-order valence-electron chi connectivity index (χ2n) is 4.94. The van der Waals surface area contributed by atoms with Crippen molar-refractivity contribution < 1.29 is 0 Å². The summed E-state index contributed by atoms with van der Waals surface area (Å²) in [7, 11) is 0. The van der Waals surface area contributed by atoms with Gasteiger partial charge in [-0.05, 0) is 68.0 Å². The Morgan fingerprint density at radius 2 is 1.33 bits per heavy atom. The molecular weight excluding hydrogens is 180 g/mol. The minimum Gasteiger partial charge on any atom is -0.0655 e. The summed E-state index contributed by atoms with van der Waals surface area (Å²) in [5, 5.41) is 0. The van der Waals surface area contributed by atoms with Crippen molar-refractivity contribution in [1.82, 2.24) is 0 Å². The Morgan fingerprint density at radius 1 is 0.800 bits per heavy atom. The first kappa shape index (κ1) is 10.5. The minimum atomic E-state index is 0.609. The van der Waals surface area contributed by atoms with Crippen LogP contribution >= 0.6 is 0 Å². The molecule has 0 saturated heterocycles. The molecule has 0 heteroatoms. The van der Waals surface area contributed by atoms with Crippen LogP contribution in [-0.4, -0.2) is 0 Å². The van der Waals surface area contributed by atoms with E-state index in [0.717, 1.165) is 0 Å². The van der Waals surface area contributed by atoms with Crippen LogP contribution in [-0.2, 0) is 0 Å². The summed E-state index contributed by atoms with van der Waals surface area (Å²) in [5.41, 5.74) is 10.5. The Morgan fingerprint density at radius 3 is 1.93 bits per heavy atom. The fourth-order valence-corrected chi connectivity index (χ4v) is 2.69. The van der Waals surface area contributed by atoms with Crippen molar-refractivity contribution >= 4 is 6.08 Å². The summed E-state index contributed by atoms with van der Waals surface area (Å²) < 4.78 is 0. The molecule has 0 nitrogen and oxygen atoms in total. The van der Waals surface area contributed by atoms with Crippen molar-refractivity contribution in [3.8, 4) is 0 Å². The first-order chi connectivity index (χ1) is 6.95. The zero-order valence-corrected chi connectivity index (χ0v) is 10.7. The third kappa shape index (κ3) is 1.27. The van der Waals surface area contributed by atoms with Crippen LogP contribution in [0.3, 0.4) is 0 Å². The average Bonchev–Trinajstić information content (AvgIpc) is 2.50. The predicted molar refractivity (Wildman–Crippen MR) is 67.5 cm³/mol. The number of benzene rings is 1. The van der Waals surface area contributed by atoms with Crippen molar-refractivity contribution in [2.45, 2.75) is 47.5 Å². The molecule has 1 unspecified atom stereocenters. The monoisotopic (exact) mass is 200 g/mol. The van der Waals surface area contributed by atoms with Crippen LogP contribution in [0.15, 0.2) is 5.57 Å². The van der Waals surface area contributed by atoms with E-state index in [-0.39, 0.29) is 0 Å². The molecule has 0 aliphatic heterocycles. The minimum absolute atomic E-state index is 0.609. The summed E-state index contributed by atoms with van der Waals surface area (Å²) >= 11 is 0. The van der Waals surface area contributed by atoms with E-state index in [2.05, 4.69) is 47.6 Å². The molecule has 2 rings (SSSR count). The highest BCUT2D eigenvalue weighted by Gasteiger charge is 2.24. The van der Waals surface area contributed by atoms with Crippen LogP contribution in [0, 0.1) is 27.7 Å². The Hall–Kier alpha value is -1.04. The fraction of sp³-hybridized carbons (Fsp3) is 0.467. The number of fused-ring (bicyclic) bond motifs is 1. The molecule has 0 saturated carbocycles. The molecule has 1 aromatic rings. The SMILES string of the molecule is CC1=Cc2c(C)c(C)c(C)c(C)c2C1C. The van der Waals surface area contributed by atoms with Gasteiger partial charge in [0, 0.05) is 5.92 Å². The largest absolute Gasteiger partial charge is 0.0655 e. The third-order valence-electron chi connectivity index (χ3n) is 4.27. The molecule has 0 spiro atoms. The zero-order valence-electron chi connectivity index (χ0n) is 10.7. The number of hydrogen-bond acceptors (Lipinski definition) is 0. The quantitative estimate of drug-likeness (QED) is 0.580. The molecule has 1 atom stereocenters.